The first kappa shape index (κ1) is 16.7. The number of carboxylic acid groups (broad SMARTS) is 1. The van der Waals surface area contributed by atoms with Crippen molar-refractivity contribution in [1.29, 1.82) is 0 Å². The van der Waals surface area contributed by atoms with Crippen molar-refractivity contribution in [2.45, 2.75) is 19.5 Å². The van der Waals surface area contributed by atoms with Gasteiger partial charge in [0.1, 0.15) is 12.2 Å². The Morgan fingerprint density at radius 2 is 2.05 bits per heavy atom. The summed E-state index contributed by atoms with van der Waals surface area (Å²) >= 11 is 0. The lowest BCUT2D eigenvalue weighted by molar-refractivity contribution is -0.384. The number of hydrogen-bond donors (Lipinski definition) is 1. The number of nitro groups is 1. The van der Waals surface area contributed by atoms with Crippen molar-refractivity contribution in [2.24, 2.45) is 0 Å². The minimum absolute atomic E-state index is 0.148. The lowest BCUT2D eigenvalue weighted by Gasteiger charge is -2.26. The first-order valence-electron chi connectivity index (χ1n) is 5.99. The molecule has 0 aliphatic carbocycles. The summed E-state index contributed by atoms with van der Waals surface area (Å²) in [5.41, 5.74) is -1.70. The number of carbonyl (C=O) groups is 1. The van der Waals surface area contributed by atoms with Crippen LogP contribution in [0.3, 0.4) is 0 Å². The molecule has 0 fully saturated rings. The SMILES string of the molecule is CCCN(CC(F)(F)F)c1c(C(=O)O)cccc1[N+](=O)[O-]. The third kappa shape index (κ3) is 4.33. The summed E-state index contributed by atoms with van der Waals surface area (Å²) in [5.74, 6) is -1.52. The van der Waals surface area contributed by atoms with Crippen molar-refractivity contribution in [2.75, 3.05) is 18.0 Å². The third-order valence-corrected chi connectivity index (χ3v) is 2.62. The highest BCUT2D eigenvalue weighted by Gasteiger charge is 2.35. The molecule has 0 radical (unpaired) electrons. The predicted molar refractivity (Wildman–Crippen MR) is 68.6 cm³/mol. The molecule has 1 N–H and O–H groups in total. The van der Waals surface area contributed by atoms with Gasteiger partial charge in [0.25, 0.3) is 5.69 Å². The molecule has 0 aliphatic heterocycles. The average Bonchev–Trinajstić information content (AvgIpc) is 2.35. The summed E-state index contributed by atoms with van der Waals surface area (Å²) in [7, 11) is 0. The van der Waals surface area contributed by atoms with Crippen LogP contribution < -0.4 is 4.90 Å². The van der Waals surface area contributed by atoms with Gasteiger partial charge in [0, 0.05) is 12.6 Å². The predicted octanol–water partition coefficient (Wildman–Crippen LogP) is 3.07. The first-order chi connectivity index (χ1) is 9.67. The van der Waals surface area contributed by atoms with Crippen LogP contribution in [-0.4, -0.2) is 35.3 Å². The molecule has 6 nitrogen and oxygen atoms in total. The Morgan fingerprint density at radius 3 is 2.48 bits per heavy atom. The Bertz CT molecular complexity index is 514. The molecule has 1 aromatic rings. The highest BCUT2D eigenvalue weighted by Crippen LogP contribution is 2.34. The lowest BCUT2D eigenvalue weighted by Crippen LogP contribution is -2.36. The van der Waals surface area contributed by atoms with Crippen molar-refractivity contribution < 1.29 is 28.0 Å². The molecule has 1 rings (SSSR count). The molecular formula is C12H13F3N2O4. The Labute approximate surface area is 117 Å². The van der Waals surface area contributed by atoms with Crippen LogP contribution in [0.1, 0.15) is 23.7 Å². The molecule has 116 valence electrons. The zero-order chi connectivity index (χ0) is 16.2. The Kier molecular flexibility index (Phi) is 5.12. The Balaban J connectivity index is 3.46. The van der Waals surface area contributed by atoms with Crippen LogP contribution in [0.4, 0.5) is 24.5 Å². The van der Waals surface area contributed by atoms with Crippen LogP contribution in [0.25, 0.3) is 0 Å². The molecule has 1 aromatic carbocycles. The number of nitrogens with zero attached hydrogens (tertiary/aromatic N) is 2. The molecule has 0 amide bonds. The number of alkyl halides is 3. The number of nitro benzene ring substituents is 1. The zero-order valence-corrected chi connectivity index (χ0v) is 11.1. The van der Waals surface area contributed by atoms with Crippen LogP contribution in [-0.2, 0) is 0 Å². The second kappa shape index (κ2) is 6.42. The second-order valence-electron chi connectivity index (χ2n) is 4.27. The van der Waals surface area contributed by atoms with E-state index in [1.165, 1.54) is 0 Å². The van der Waals surface area contributed by atoms with Crippen molar-refractivity contribution in [3.8, 4) is 0 Å². The van der Waals surface area contributed by atoms with Gasteiger partial charge in [-0.2, -0.15) is 13.2 Å². The summed E-state index contributed by atoms with van der Waals surface area (Å²) < 4.78 is 37.9. The van der Waals surface area contributed by atoms with E-state index in [-0.39, 0.29) is 13.0 Å². The minimum Gasteiger partial charge on any atom is -0.478 e. The van der Waals surface area contributed by atoms with E-state index < -0.39 is 40.6 Å². The fraction of sp³-hybridized carbons (Fsp3) is 0.417. The van der Waals surface area contributed by atoms with E-state index in [0.717, 1.165) is 18.2 Å². The van der Waals surface area contributed by atoms with Crippen molar-refractivity contribution in [3.63, 3.8) is 0 Å². The monoisotopic (exact) mass is 306 g/mol. The summed E-state index contributed by atoms with van der Waals surface area (Å²) in [5, 5.41) is 20.0. The topological polar surface area (TPSA) is 83.7 Å². The van der Waals surface area contributed by atoms with Gasteiger partial charge in [-0.25, -0.2) is 4.79 Å². The first-order valence-corrected chi connectivity index (χ1v) is 5.99. The van der Waals surface area contributed by atoms with Gasteiger partial charge in [0.15, 0.2) is 0 Å². The van der Waals surface area contributed by atoms with E-state index in [0.29, 0.717) is 4.90 Å². The summed E-state index contributed by atoms with van der Waals surface area (Å²) in [6.45, 7) is -0.00476. The third-order valence-electron chi connectivity index (χ3n) is 2.62. The maximum absolute atomic E-state index is 12.6. The number of anilines is 1. The normalized spacial score (nSPS) is 11.2. The largest absolute Gasteiger partial charge is 0.478 e. The molecular weight excluding hydrogens is 293 g/mol. The van der Waals surface area contributed by atoms with Crippen LogP contribution >= 0.6 is 0 Å². The van der Waals surface area contributed by atoms with E-state index in [2.05, 4.69) is 0 Å². The van der Waals surface area contributed by atoms with Crippen LogP contribution in [0.15, 0.2) is 18.2 Å². The average molecular weight is 306 g/mol. The molecule has 0 saturated heterocycles. The van der Waals surface area contributed by atoms with Gasteiger partial charge >= 0.3 is 12.1 Å². The van der Waals surface area contributed by atoms with Gasteiger partial charge in [-0.3, -0.25) is 10.1 Å². The zero-order valence-electron chi connectivity index (χ0n) is 11.1. The maximum Gasteiger partial charge on any atom is 0.405 e. The molecule has 21 heavy (non-hydrogen) atoms. The van der Waals surface area contributed by atoms with Gasteiger partial charge in [0.2, 0.25) is 0 Å². The minimum atomic E-state index is -4.60. The molecule has 0 aromatic heterocycles. The number of benzene rings is 1. The molecule has 0 aliphatic rings. The van der Waals surface area contributed by atoms with Gasteiger partial charge in [-0.15, -0.1) is 0 Å². The fourth-order valence-electron chi connectivity index (χ4n) is 1.94. The highest BCUT2D eigenvalue weighted by atomic mass is 19.4. The van der Waals surface area contributed by atoms with E-state index >= 15 is 0 Å². The van der Waals surface area contributed by atoms with E-state index in [1.54, 1.807) is 6.92 Å². The molecule has 0 heterocycles. The Morgan fingerprint density at radius 1 is 1.43 bits per heavy atom. The molecule has 0 unspecified atom stereocenters. The van der Waals surface area contributed by atoms with Crippen LogP contribution in [0.2, 0.25) is 0 Å². The number of para-hydroxylation sites is 1. The van der Waals surface area contributed by atoms with Gasteiger partial charge < -0.3 is 10.0 Å². The molecule has 0 spiro atoms. The number of rotatable bonds is 6. The number of hydrogen-bond acceptors (Lipinski definition) is 4. The van der Waals surface area contributed by atoms with Gasteiger partial charge in [0.05, 0.1) is 10.5 Å². The van der Waals surface area contributed by atoms with Gasteiger partial charge in [-0.05, 0) is 12.5 Å². The number of halogens is 3. The summed E-state index contributed by atoms with van der Waals surface area (Å²) in [6, 6.07) is 3.16. The van der Waals surface area contributed by atoms with Gasteiger partial charge in [-0.1, -0.05) is 13.0 Å². The Hall–Kier alpha value is -2.32. The maximum atomic E-state index is 12.6. The second-order valence-corrected chi connectivity index (χ2v) is 4.27. The number of carboxylic acids is 1. The van der Waals surface area contributed by atoms with Crippen molar-refractivity contribution in [1.82, 2.24) is 0 Å². The number of aromatic carboxylic acids is 1. The lowest BCUT2D eigenvalue weighted by atomic mass is 10.1. The van der Waals surface area contributed by atoms with Crippen LogP contribution in [0, 0.1) is 10.1 Å². The fourth-order valence-corrected chi connectivity index (χ4v) is 1.94. The molecule has 0 saturated carbocycles. The molecule has 0 bridgehead atoms. The quantitative estimate of drug-likeness (QED) is 0.645. The summed E-state index contributed by atoms with van der Waals surface area (Å²) in [6.07, 6.45) is -4.32. The molecule has 0 atom stereocenters. The van der Waals surface area contributed by atoms with E-state index in [9.17, 15) is 28.1 Å². The van der Waals surface area contributed by atoms with E-state index in [1.807, 2.05) is 0 Å². The highest BCUT2D eigenvalue weighted by molar-refractivity contribution is 5.97. The summed E-state index contributed by atoms with van der Waals surface area (Å²) in [4.78, 5) is 21.9. The van der Waals surface area contributed by atoms with E-state index in [4.69, 9.17) is 5.11 Å². The molecule has 9 heteroatoms. The smallest absolute Gasteiger partial charge is 0.405 e. The van der Waals surface area contributed by atoms with Crippen molar-refractivity contribution >= 4 is 17.3 Å². The standard InChI is InChI=1S/C12H13F3N2O4/c1-2-6-16(7-12(13,14)15)10-8(11(18)19)4-3-5-9(10)17(20)21/h3-5H,2,6-7H2,1H3,(H,18,19). The van der Waals surface area contributed by atoms with Crippen LogP contribution in [0.5, 0.6) is 0 Å². The van der Waals surface area contributed by atoms with Crippen molar-refractivity contribution in [3.05, 3.63) is 33.9 Å².